The molecular formula is C36H51N5O7S. The van der Waals surface area contributed by atoms with Crippen molar-refractivity contribution in [1.82, 2.24) is 25.0 Å². The zero-order valence-electron chi connectivity index (χ0n) is 29.1. The number of ether oxygens (including phenoxy) is 3. The van der Waals surface area contributed by atoms with E-state index in [9.17, 15) is 19.2 Å². The van der Waals surface area contributed by atoms with E-state index in [2.05, 4.69) is 24.1 Å². The van der Waals surface area contributed by atoms with Crippen molar-refractivity contribution in [3.8, 4) is 0 Å². The van der Waals surface area contributed by atoms with Crippen molar-refractivity contribution in [2.45, 2.75) is 84.0 Å². The largest absolute Gasteiger partial charge is 0.380 e. The Labute approximate surface area is 292 Å². The van der Waals surface area contributed by atoms with Crippen LogP contribution in [0.1, 0.15) is 75.4 Å². The van der Waals surface area contributed by atoms with Gasteiger partial charge in [-0.25, -0.2) is 0 Å². The third kappa shape index (κ3) is 6.10. The van der Waals surface area contributed by atoms with Crippen LogP contribution >= 0.6 is 11.3 Å². The number of fused-ring (bicyclic) bond motifs is 3. The van der Waals surface area contributed by atoms with Gasteiger partial charge in [-0.1, -0.05) is 13.8 Å². The fourth-order valence-corrected chi connectivity index (χ4v) is 10.1. The lowest BCUT2D eigenvalue weighted by Gasteiger charge is -2.51. The highest BCUT2D eigenvalue weighted by atomic mass is 32.1. The van der Waals surface area contributed by atoms with Gasteiger partial charge in [0.2, 0.25) is 17.7 Å². The summed E-state index contributed by atoms with van der Waals surface area (Å²) >= 11 is 1.28. The highest BCUT2D eigenvalue weighted by Crippen LogP contribution is 2.55. The Balaban J connectivity index is 1.01. The average molecular weight is 698 g/mol. The van der Waals surface area contributed by atoms with Gasteiger partial charge < -0.3 is 34.2 Å². The summed E-state index contributed by atoms with van der Waals surface area (Å²) in [5.74, 6) is -0.969. The number of rotatable bonds is 9. The lowest BCUT2D eigenvalue weighted by atomic mass is 9.70. The fourth-order valence-electron chi connectivity index (χ4n) is 9.51. The van der Waals surface area contributed by atoms with E-state index in [-0.39, 0.29) is 52.3 Å². The number of amides is 4. The van der Waals surface area contributed by atoms with Gasteiger partial charge in [-0.05, 0) is 57.3 Å². The number of nitrogens with zero attached hydrogens (tertiary/aromatic N) is 4. The zero-order valence-corrected chi connectivity index (χ0v) is 29.9. The van der Waals surface area contributed by atoms with E-state index in [4.69, 9.17) is 14.2 Å². The summed E-state index contributed by atoms with van der Waals surface area (Å²) in [4.78, 5) is 66.0. The molecular weight excluding hydrogens is 646 g/mol. The second-order valence-corrected chi connectivity index (χ2v) is 18.2. The maximum Gasteiger partial charge on any atom is 0.265 e. The van der Waals surface area contributed by atoms with Crippen LogP contribution in [-0.4, -0.2) is 127 Å². The van der Waals surface area contributed by atoms with E-state index >= 15 is 0 Å². The molecule has 8 fully saturated rings. The highest BCUT2D eigenvalue weighted by Gasteiger charge is 2.62. The summed E-state index contributed by atoms with van der Waals surface area (Å²) in [6, 6.07) is -0.880. The second kappa shape index (κ2) is 12.3. The molecule has 1 aromatic heterocycles. The van der Waals surface area contributed by atoms with E-state index in [0.717, 1.165) is 44.9 Å². The highest BCUT2D eigenvalue weighted by molar-refractivity contribution is 7.11. The monoisotopic (exact) mass is 697 g/mol. The molecule has 13 heteroatoms. The number of piperidine rings is 1. The van der Waals surface area contributed by atoms with Crippen molar-refractivity contribution in [3.05, 3.63) is 16.6 Å². The lowest BCUT2D eigenvalue weighted by molar-refractivity contribution is -0.169. The van der Waals surface area contributed by atoms with Crippen molar-refractivity contribution in [2.24, 2.45) is 33.5 Å². The Bertz CT molecular complexity index is 1450. The maximum atomic E-state index is 14.5. The Hall–Kier alpha value is -2.61. The molecule has 0 aromatic carbocycles. The molecule has 2 spiro atoms. The van der Waals surface area contributed by atoms with Crippen molar-refractivity contribution >= 4 is 35.0 Å². The third-order valence-electron chi connectivity index (χ3n) is 13.1. The second-order valence-electron chi connectivity index (χ2n) is 17.3. The Morgan fingerprint density at radius 2 is 1.76 bits per heavy atom. The molecule has 6 aliphatic heterocycles. The first kappa shape index (κ1) is 33.5. The number of hydrogen-bond acceptors (Lipinski definition) is 9. The van der Waals surface area contributed by atoms with E-state index in [1.807, 2.05) is 16.7 Å². The van der Waals surface area contributed by atoms with Crippen LogP contribution in [-0.2, 0) is 28.6 Å². The summed E-state index contributed by atoms with van der Waals surface area (Å²) in [6.45, 7) is 11.3. The van der Waals surface area contributed by atoms with Gasteiger partial charge in [0.25, 0.3) is 5.91 Å². The minimum atomic E-state index is -0.880. The lowest BCUT2D eigenvalue weighted by Crippen LogP contribution is -2.66. The van der Waals surface area contributed by atoms with Crippen molar-refractivity contribution in [1.29, 1.82) is 0 Å². The van der Waals surface area contributed by atoms with Gasteiger partial charge in [0.05, 0.1) is 56.3 Å². The summed E-state index contributed by atoms with van der Waals surface area (Å²) in [7, 11) is 0. The van der Waals surface area contributed by atoms with Crippen LogP contribution in [0.5, 0.6) is 0 Å². The number of carbonyl (C=O) groups is 4. The van der Waals surface area contributed by atoms with Crippen LogP contribution in [0, 0.1) is 33.5 Å². The molecule has 2 aliphatic carbocycles. The van der Waals surface area contributed by atoms with Crippen LogP contribution in [0.15, 0.2) is 11.7 Å². The van der Waals surface area contributed by atoms with Gasteiger partial charge in [-0.15, -0.1) is 11.3 Å². The molecule has 0 unspecified atom stereocenters. The summed E-state index contributed by atoms with van der Waals surface area (Å²) in [5.41, 5.74) is 1.00. The Morgan fingerprint density at radius 3 is 2.37 bits per heavy atom. The molecule has 6 saturated heterocycles. The van der Waals surface area contributed by atoms with E-state index < -0.39 is 23.5 Å². The average Bonchev–Trinajstić information content (AvgIpc) is 3.44. The van der Waals surface area contributed by atoms with Crippen LogP contribution in [0.25, 0.3) is 0 Å². The summed E-state index contributed by atoms with van der Waals surface area (Å²) < 4.78 is 18.1. The van der Waals surface area contributed by atoms with Gasteiger partial charge in [0.1, 0.15) is 10.9 Å². The molecule has 49 heavy (non-hydrogen) atoms. The molecule has 7 heterocycles. The molecule has 1 aromatic rings. The van der Waals surface area contributed by atoms with Gasteiger partial charge in [0, 0.05) is 61.4 Å². The molecule has 2 saturated carbocycles. The number of nitrogens with one attached hydrogen (secondary N) is 1. The standard InChI is InChI=1S/C36H51N5O7S/c1-23(47-20-34-8-5-24(6-9-34)48-21-34)28(32(45)39-10-4-7-35(14-39)18-46-19-35)38-29(42)26-13-40(31(44)27-12-37-22-49-27)15-36(26)16-41(17-36)30(43)25-11-33(25,2)3/h12,22-26,28H,4-11,13-21H2,1-3H3,(H,38,42)/t23-,24?,25-,26+,28+,34?/m1/s1. The number of aromatic nitrogens is 1. The summed E-state index contributed by atoms with van der Waals surface area (Å²) in [6.07, 6.45) is 8.31. The van der Waals surface area contributed by atoms with E-state index in [0.29, 0.717) is 70.1 Å². The Morgan fingerprint density at radius 1 is 1.02 bits per heavy atom. The van der Waals surface area contributed by atoms with E-state index in [1.165, 1.54) is 11.3 Å². The topological polar surface area (TPSA) is 131 Å². The van der Waals surface area contributed by atoms with Gasteiger partial charge in [0.15, 0.2) is 0 Å². The van der Waals surface area contributed by atoms with Gasteiger partial charge >= 0.3 is 0 Å². The third-order valence-corrected chi connectivity index (χ3v) is 13.9. The quantitative estimate of drug-likeness (QED) is 0.417. The van der Waals surface area contributed by atoms with Gasteiger partial charge in [-0.2, -0.15) is 0 Å². The molecule has 12 nitrogen and oxygen atoms in total. The molecule has 0 radical (unpaired) electrons. The van der Waals surface area contributed by atoms with Gasteiger partial charge in [-0.3, -0.25) is 24.2 Å². The van der Waals surface area contributed by atoms with Crippen molar-refractivity contribution < 1.29 is 33.4 Å². The Kier molecular flexibility index (Phi) is 8.39. The van der Waals surface area contributed by atoms with Crippen LogP contribution in [0.3, 0.4) is 0 Å². The molecule has 268 valence electrons. The minimum absolute atomic E-state index is 0.00528. The first-order valence-corrected chi connectivity index (χ1v) is 19.2. The van der Waals surface area contributed by atoms with Crippen molar-refractivity contribution in [3.63, 3.8) is 0 Å². The number of carbonyl (C=O) groups excluding carboxylic acids is 4. The predicted octanol–water partition coefficient (Wildman–Crippen LogP) is 2.58. The molecule has 4 amide bonds. The zero-order chi connectivity index (χ0) is 34.2. The first-order chi connectivity index (χ1) is 23.4. The molecule has 4 atom stereocenters. The molecule has 2 bridgehead atoms. The minimum Gasteiger partial charge on any atom is -0.380 e. The SMILES string of the molecule is C[C@@H](OCC12CCC(CC1)OC2)[C@H](NC(=O)[C@@H]1CN(C(=O)c2cncs2)CC12CN(C(=O)[C@H]1CC1(C)C)C2)C(=O)N1CCCC2(COC2)C1. The van der Waals surface area contributed by atoms with Crippen LogP contribution in [0.4, 0.5) is 0 Å². The van der Waals surface area contributed by atoms with E-state index in [1.54, 1.807) is 16.6 Å². The molecule has 8 aliphatic rings. The number of hydrogen-bond donors (Lipinski definition) is 1. The van der Waals surface area contributed by atoms with Crippen LogP contribution < -0.4 is 5.32 Å². The smallest absolute Gasteiger partial charge is 0.265 e. The molecule has 9 rings (SSSR count). The maximum absolute atomic E-state index is 14.5. The first-order valence-electron chi connectivity index (χ1n) is 18.3. The fraction of sp³-hybridized carbons (Fsp3) is 0.806. The number of likely N-dealkylation sites (tertiary alicyclic amines) is 3. The van der Waals surface area contributed by atoms with Crippen LogP contribution in [0.2, 0.25) is 0 Å². The number of thiazole rings is 1. The summed E-state index contributed by atoms with van der Waals surface area (Å²) in [5, 5.41) is 3.19. The predicted molar refractivity (Wildman–Crippen MR) is 179 cm³/mol. The normalized spacial score (nSPS) is 33.1. The molecule has 1 N–H and O–H groups in total. The van der Waals surface area contributed by atoms with Crippen molar-refractivity contribution in [2.75, 3.05) is 65.7 Å².